The van der Waals surface area contributed by atoms with Crippen LogP contribution in [-0.2, 0) is 6.42 Å². The molecule has 1 atom stereocenters. The monoisotopic (exact) mass is 422 g/mol. The van der Waals surface area contributed by atoms with Crippen LogP contribution in [0.15, 0.2) is 45.3 Å². The van der Waals surface area contributed by atoms with Gasteiger partial charge in [0.2, 0.25) is 0 Å². The van der Waals surface area contributed by atoms with E-state index in [-0.39, 0.29) is 0 Å². The predicted octanol–water partition coefficient (Wildman–Crippen LogP) is 5.79. The number of benzene rings is 2. The van der Waals surface area contributed by atoms with Gasteiger partial charge in [-0.3, -0.25) is 0 Å². The molecule has 0 radical (unpaired) electrons. The Kier molecular flexibility index (Phi) is 5.32. The standard InChI is InChI=1S/C14H10Br2Cl2O/c15-9-1-3-12(16)11(7-9)14(19)6-8-5-10(17)2-4-13(8)18/h1-5,7,14,19H,6H2. The molecule has 100 valence electrons. The number of aliphatic hydroxyl groups is 1. The average Bonchev–Trinajstić information content (AvgIpc) is 2.36. The second-order valence-electron chi connectivity index (χ2n) is 4.12. The van der Waals surface area contributed by atoms with Gasteiger partial charge in [0.05, 0.1) is 6.10 Å². The molecule has 2 aromatic rings. The van der Waals surface area contributed by atoms with Gasteiger partial charge in [-0.05, 0) is 47.5 Å². The highest BCUT2D eigenvalue weighted by Crippen LogP contribution is 2.31. The lowest BCUT2D eigenvalue weighted by molar-refractivity contribution is 0.177. The largest absolute Gasteiger partial charge is 0.388 e. The molecular formula is C14H10Br2Cl2O. The lowest BCUT2D eigenvalue weighted by atomic mass is 10.0. The Bertz CT molecular complexity index is 602. The van der Waals surface area contributed by atoms with E-state index in [4.69, 9.17) is 23.2 Å². The van der Waals surface area contributed by atoms with Crippen molar-refractivity contribution < 1.29 is 5.11 Å². The molecule has 0 amide bonds. The van der Waals surface area contributed by atoms with Crippen molar-refractivity contribution in [3.05, 3.63) is 66.5 Å². The van der Waals surface area contributed by atoms with Gasteiger partial charge in [0.15, 0.2) is 0 Å². The van der Waals surface area contributed by atoms with Crippen LogP contribution in [0.2, 0.25) is 10.0 Å². The third kappa shape index (κ3) is 3.96. The molecule has 0 aliphatic rings. The molecule has 1 nitrogen and oxygen atoms in total. The van der Waals surface area contributed by atoms with Crippen molar-refractivity contribution in [3.63, 3.8) is 0 Å². The zero-order chi connectivity index (χ0) is 14.0. The van der Waals surface area contributed by atoms with Gasteiger partial charge in [-0.2, -0.15) is 0 Å². The molecule has 1 N–H and O–H groups in total. The molecule has 0 fully saturated rings. The fourth-order valence-corrected chi connectivity index (χ4v) is 3.07. The Hall–Kier alpha value is -0.0600. The van der Waals surface area contributed by atoms with E-state index in [0.717, 1.165) is 20.1 Å². The molecule has 0 aliphatic carbocycles. The van der Waals surface area contributed by atoms with Gasteiger partial charge >= 0.3 is 0 Å². The Balaban J connectivity index is 2.27. The fraction of sp³-hybridized carbons (Fsp3) is 0.143. The highest BCUT2D eigenvalue weighted by molar-refractivity contribution is 9.11. The molecule has 0 aliphatic heterocycles. The first-order valence-corrected chi connectivity index (χ1v) is 7.88. The van der Waals surface area contributed by atoms with E-state index in [2.05, 4.69) is 31.9 Å². The highest BCUT2D eigenvalue weighted by atomic mass is 79.9. The molecule has 0 saturated heterocycles. The quantitative estimate of drug-likeness (QED) is 0.660. The number of halogens is 4. The first-order chi connectivity index (χ1) is 8.97. The minimum absolute atomic E-state index is 0.411. The van der Waals surface area contributed by atoms with Crippen molar-refractivity contribution >= 4 is 55.1 Å². The molecule has 0 saturated carbocycles. The second-order valence-corrected chi connectivity index (χ2v) is 6.74. The first kappa shape index (κ1) is 15.3. The third-order valence-electron chi connectivity index (χ3n) is 2.74. The zero-order valence-corrected chi connectivity index (χ0v) is 14.4. The van der Waals surface area contributed by atoms with Crippen molar-refractivity contribution in [1.29, 1.82) is 0 Å². The summed E-state index contributed by atoms with van der Waals surface area (Å²) in [7, 11) is 0. The van der Waals surface area contributed by atoms with Gasteiger partial charge in [0.1, 0.15) is 0 Å². The summed E-state index contributed by atoms with van der Waals surface area (Å²) in [6.45, 7) is 0. The van der Waals surface area contributed by atoms with Crippen LogP contribution >= 0.6 is 55.1 Å². The summed E-state index contributed by atoms with van der Waals surface area (Å²) < 4.78 is 1.78. The Morgan fingerprint density at radius 3 is 2.53 bits per heavy atom. The van der Waals surface area contributed by atoms with Gasteiger partial charge in [0.25, 0.3) is 0 Å². The topological polar surface area (TPSA) is 20.2 Å². The van der Waals surface area contributed by atoms with E-state index >= 15 is 0 Å². The smallest absolute Gasteiger partial charge is 0.0842 e. The normalized spacial score (nSPS) is 12.5. The average molecular weight is 425 g/mol. The summed E-state index contributed by atoms with van der Waals surface area (Å²) in [6, 6.07) is 10.9. The Morgan fingerprint density at radius 1 is 1.05 bits per heavy atom. The lowest BCUT2D eigenvalue weighted by Crippen LogP contribution is -2.03. The van der Waals surface area contributed by atoms with Crippen LogP contribution in [0.5, 0.6) is 0 Å². The van der Waals surface area contributed by atoms with Crippen molar-refractivity contribution in [2.75, 3.05) is 0 Å². The molecule has 5 heteroatoms. The highest BCUT2D eigenvalue weighted by Gasteiger charge is 2.14. The Morgan fingerprint density at radius 2 is 1.79 bits per heavy atom. The maximum absolute atomic E-state index is 10.3. The van der Waals surface area contributed by atoms with Gasteiger partial charge in [0, 0.05) is 25.4 Å². The van der Waals surface area contributed by atoms with Crippen molar-refractivity contribution in [2.24, 2.45) is 0 Å². The van der Waals surface area contributed by atoms with Crippen LogP contribution in [0.3, 0.4) is 0 Å². The van der Waals surface area contributed by atoms with Crippen LogP contribution in [0.25, 0.3) is 0 Å². The summed E-state index contributed by atoms with van der Waals surface area (Å²) in [5.74, 6) is 0. The number of hydrogen-bond acceptors (Lipinski definition) is 1. The van der Waals surface area contributed by atoms with Crippen molar-refractivity contribution in [3.8, 4) is 0 Å². The van der Waals surface area contributed by atoms with Crippen molar-refractivity contribution in [2.45, 2.75) is 12.5 Å². The predicted molar refractivity (Wildman–Crippen MR) is 87.0 cm³/mol. The summed E-state index contributed by atoms with van der Waals surface area (Å²) in [6.07, 6.45) is -0.239. The van der Waals surface area contributed by atoms with E-state index in [1.165, 1.54) is 0 Å². The van der Waals surface area contributed by atoms with Crippen LogP contribution in [0, 0.1) is 0 Å². The van der Waals surface area contributed by atoms with Crippen LogP contribution in [0.1, 0.15) is 17.2 Å². The van der Waals surface area contributed by atoms with E-state index < -0.39 is 6.10 Å². The number of rotatable bonds is 3. The minimum Gasteiger partial charge on any atom is -0.388 e. The summed E-state index contributed by atoms with van der Waals surface area (Å²) in [5.41, 5.74) is 1.64. The van der Waals surface area contributed by atoms with Crippen LogP contribution in [-0.4, -0.2) is 5.11 Å². The SMILES string of the molecule is OC(Cc1cc(Cl)ccc1Cl)c1cc(Br)ccc1Br. The van der Waals surface area contributed by atoms with E-state index in [1.54, 1.807) is 18.2 Å². The molecule has 2 rings (SSSR count). The van der Waals surface area contributed by atoms with Crippen LogP contribution < -0.4 is 0 Å². The third-order valence-corrected chi connectivity index (χ3v) is 4.56. The summed E-state index contributed by atoms with van der Waals surface area (Å²) in [5, 5.41) is 11.6. The van der Waals surface area contributed by atoms with Gasteiger partial charge in [-0.1, -0.05) is 55.1 Å². The molecule has 2 aromatic carbocycles. The molecule has 0 heterocycles. The Labute approximate surface area is 138 Å². The molecule has 1 unspecified atom stereocenters. The van der Waals surface area contributed by atoms with Crippen molar-refractivity contribution in [1.82, 2.24) is 0 Å². The molecular weight excluding hydrogens is 415 g/mol. The maximum atomic E-state index is 10.3. The van der Waals surface area contributed by atoms with E-state index in [0.29, 0.717) is 16.5 Å². The molecule has 19 heavy (non-hydrogen) atoms. The number of hydrogen-bond donors (Lipinski definition) is 1. The van der Waals surface area contributed by atoms with E-state index in [1.807, 2.05) is 18.2 Å². The molecule has 0 aromatic heterocycles. The molecule has 0 bridgehead atoms. The van der Waals surface area contributed by atoms with Gasteiger partial charge in [-0.15, -0.1) is 0 Å². The molecule has 0 spiro atoms. The van der Waals surface area contributed by atoms with E-state index in [9.17, 15) is 5.11 Å². The van der Waals surface area contributed by atoms with Gasteiger partial charge in [-0.25, -0.2) is 0 Å². The first-order valence-electron chi connectivity index (χ1n) is 5.54. The van der Waals surface area contributed by atoms with Gasteiger partial charge < -0.3 is 5.11 Å². The fourth-order valence-electron chi connectivity index (χ4n) is 1.79. The maximum Gasteiger partial charge on any atom is 0.0842 e. The zero-order valence-electron chi connectivity index (χ0n) is 9.71. The lowest BCUT2D eigenvalue weighted by Gasteiger charge is -2.14. The van der Waals surface area contributed by atoms with Crippen LogP contribution in [0.4, 0.5) is 0 Å². The summed E-state index contributed by atoms with van der Waals surface area (Å²) in [4.78, 5) is 0. The number of aliphatic hydroxyl groups excluding tert-OH is 1. The summed E-state index contributed by atoms with van der Waals surface area (Å²) >= 11 is 18.9. The second kappa shape index (κ2) is 6.59. The minimum atomic E-state index is -0.650.